The van der Waals surface area contributed by atoms with Crippen LogP contribution in [0.5, 0.6) is 5.75 Å². The van der Waals surface area contributed by atoms with Gasteiger partial charge in [0.05, 0.1) is 12.0 Å². The van der Waals surface area contributed by atoms with E-state index in [-0.39, 0.29) is 5.91 Å². The maximum absolute atomic E-state index is 13.1. The van der Waals surface area contributed by atoms with E-state index in [1.54, 1.807) is 18.4 Å². The maximum Gasteiger partial charge on any atom is 0.264 e. The molecule has 0 radical (unpaired) electrons. The number of fused-ring (bicyclic) bond motifs is 3. The Morgan fingerprint density at radius 3 is 2.67 bits per heavy atom. The highest BCUT2D eigenvalue weighted by atomic mass is 32.1. The average Bonchev–Trinajstić information content (AvgIpc) is 3.12. The summed E-state index contributed by atoms with van der Waals surface area (Å²) in [5, 5.41) is 4.78. The average molecular weight is 344 g/mol. The van der Waals surface area contributed by atoms with Gasteiger partial charge >= 0.3 is 0 Å². The monoisotopic (exact) mass is 344 g/mol. The molecule has 2 aliphatic heterocycles. The van der Waals surface area contributed by atoms with E-state index >= 15 is 0 Å². The minimum atomic E-state index is 0.166. The van der Waals surface area contributed by atoms with Crippen LogP contribution in [0.25, 0.3) is 10.1 Å². The molecule has 3 heterocycles. The Morgan fingerprint density at radius 2 is 2.00 bits per heavy atom. The Hall–Kier alpha value is -1.59. The van der Waals surface area contributed by atoms with Crippen LogP contribution >= 0.6 is 11.3 Å². The molecule has 2 atom stereocenters. The number of nitrogens with zero attached hydrogens (tertiary/aromatic N) is 1. The number of aryl methyl sites for hydroxylation is 1. The van der Waals surface area contributed by atoms with Crippen LogP contribution in [0.2, 0.25) is 0 Å². The topological polar surface area (TPSA) is 41.6 Å². The molecule has 24 heavy (non-hydrogen) atoms. The van der Waals surface area contributed by atoms with Crippen molar-refractivity contribution in [3.05, 3.63) is 28.6 Å². The summed E-state index contributed by atoms with van der Waals surface area (Å²) in [6.45, 7) is 2.05. The van der Waals surface area contributed by atoms with Crippen LogP contribution in [0.4, 0.5) is 0 Å². The molecule has 0 spiro atoms. The van der Waals surface area contributed by atoms with Gasteiger partial charge in [0.25, 0.3) is 5.91 Å². The largest absolute Gasteiger partial charge is 0.497 e. The zero-order valence-electron chi connectivity index (χ0n) is 14.5. The second-order valence-electron chi connectivity index (χ2n) is 7.10. The number of hydrogen-bond donors (Lipinski definition) is 1. The predicted molar refractivity (Wildman–Crippen MR) is 98.2 cm³/mol. The lowest BCUT2D eigenvalue weighted by molar-refractivity contribution is 0.0686. The summed E-state index contributed by atoms with van der Waals surface area (Å²) < 4.78 is 6.47. The molecule has 0 saturated carbocycles. The molecular formula is C19H24N2O2S. The van der Waals surface area contributed by atoms with Gasteiger partial charge in [0.15, 0.2) is 0 Å². The van der Waals surface area contributed by atoms with Crippen molar-refractivity contribution in [2.24, 2.45) is 0 Å². The maximum atomic E-state index is 13.1. The number of benzene rings is 1. The molecule has 5 heteroatoms. The van der Waals surface area contributed by atoms with E-state index in [9.17, 15) is 4.79 Å². The van der Waals surface area contributed by atoms with Crippen molar-refractivity contribution in [2.45, 2.75) is 50.7 Å². The molecule has 1 aromatic carbocycles. The van der Waals surface area contributed by atoms with Crippen molar-refractivity contribution < 1.29 is 9.53 Å². The zero-order chi connectivity index (χ0) is 16.8. The number of amides is 1. The summed E-state index contributed by atoms with van der Waals surface area (Å²) in [7, 11) is 3.65. The molecule has 128 valence electrons. The van der Waals surface area contributed by atoms with E-state index in [0.717, 1.165) is 39.1 Å². The Labute approximate surface area is 146 Å². The van der Waals surface area contributed by atoms with Crippen molar-refractivity contribution in [2.75, 3.05) is 14.2 Å². The summed E-state index contributed by atoms with van der Waals surface area (Å²) in [4.78, 5) is 16.0. The summed E-state index contributed by atoms with van der Waals surface area (Å²) in [6.07, 6.45) is 4.67. The van der Waals surface area contributed by atoms with Gasteiger partial charge in [-0.3, -0.25) is 4.79 Å². The van der Waals surface area contributed by atoms with Gasteiger partial charge in [-0.1, -0.05) is 0 Å². The molecule has 4 rings (SSSR count). The molecule has 4 nitrogen and oxygen atoms in total. The van der Waals surface area contributed by atoms with Crippen LogP contribution in [0.15, 0.2) is 18.2 Å². The lowest BCUT2D eigenvalue weighted by Gasteiger charge is -2.35. The van der Waals surface area contributed by atoms with Gasteiger partial charge in [-0.15, -0.1) is 11.3 Å². The number of methoxy groups -OCH3 is 1. The highest BCUT2D eigenvalue weighted by Gasteiger charge is 2.37. The van der Waals surface area contributed by atoms with E-state index in [1.807, 2.05) is 37.1 Å². The molecule has 2 saturated heterocycles. The summed E-state index contributed by atoms with van der Waals surface area (Å²) in [6, 6.07) is 7.58. The number of hydrogen-bond acceptors (Lipinski definition) is 4. The SMILES string of the molecule is COc1ccc2sc(C(=O)N(C)C3CC4CCC(C3)N4)c(C)c2c1. The van der Waals surface area contributed by atoms with Gasteiger partial charge in [0, 0.05) is 29.9 Å². The fourth-order valence-electron chi connectivity index (χ4n) is 4.20. The number of carbonyl (C=O) groups is 1. The van der Waals surface area contributed by atoms with E-state index in [0.29, 0.717) is 18.1 Å². The highest BCUT2D eigenvalue weighted by molar-refractivity contribution is 7.21. The molecule has 1 amide bonds. The van der Waals surface area contributed by atoms with Crippen LogP contribution in [-0.2, 0) is 0 Å². The summed E-state index contributed by atoms with van der Waals surface area (Å²) >= 11 is 1.60. The lowest BCUT2D eigenvalue weighted by atomic mass is 9.98. The number of nitrogens with one attached hydrogen (secondary N) is 1. The van der Waals surface area contributed by atoms with Gasteiger partial charge in [0.1, 0.15) is 5.75 Å². The first-order valence-corrected chi connectivity index (χ1v) is 9.49. The smallest absolute Gasteiger partial charge is 0.264 e. The molecule has 2 fully saturated rings. The van der Waals surface area contributed by atoms with E-state index < -0.39 is 0 Å². The summed E-state index contributed by atoms with van der Waals surface area (Å²) in [5.41, 5.74) is 1.07. The van der Waals surface area contributed by atoms with Gasteiger partial charge in [-0.25, -0.2) is 0 Å². The molecule has 2 aromatic rings. The second kappa shape index (κ2) is 6.05. The molecule has 1 aromatic heterocycles. The van der Waals surface area contributed by atoms with Crippen LogP contribution in [-0.4, -0.2) is 43.1 Å². The lowest BCUT2D eigenvalue weighted by Crippen LogP contribution is -2.48. The molecule has 1 N–H and O–H groups in total. The molecule has 2 bridgehead atoms. The standard InChI is InChI=1S/C19H24N2O2S/c1-11-16-10-15(23-3)6-7-17(16)24-18(11)19(22)21(2)14-8-12-4-5-13(9-14)20-12/h6-7,10,12-14,20H,4-5,8-9H2,1-3H3. The Bertz CT molecular complexity index is 773. The Balaban J connectivity index is 1.61. The first-order chi connectivity index (χ1) is 11.6. The van der Waals surface area contributed by atoms with Gasteiger partial charge in [-0.05, 0) is 61.8 Å². The van der Waals surface area contributed by atoms with E-state index in [4.69, 9.17) is 4.74 Å². The second-order valence-corrected chi connectivity index (χ2v) is 8.15. The molecule has 2 unspecified atom stereocenters. The Kier molecular flexibility index (Phi) is 4.01. The zero-order valence-corrected chi connectivity index (χ0v) is 15.3. The fourth-order valence-corrected chi connectivity index (χ4v) is 5.37. The highest BCUT2D eigenvalue weighted by Crippen LogP contribution is 2.35. The number of piperidine rings is 1. The molecule has 0 aliphatic carbocycles. The third kappa shape index (κ3) is 2.60. The molecular weight excluding hydrogens is 320 g/mol. The van der Waals surface area contributed by atoms with E-state index in [2.05, 4.69) is 5.32 Å². The minimum Gasteiger partial charge on any atom is -0.497 e. The van der Waals surface area contributed by atoms with Crippen molar-refractivity contribution >= 4 is 27.3 Å². The summed E-state index contributed by atoms with van der Waals surface area (Å²) in [5.74, 6) is 1.00. The van der Waals surface area contributed by atoms with Gasteiger partial charge in [-0.2, -0.15) is 0 Å². The minimum absolute atomic E-state index is 0.166. The van der Waals surface area contributed by atoms with Crippen LogP contribution in [0.1, 0.15) is 40.9 Å². The normalized spacial score (nSPS) is 25.9. The van der Waals surface area contributed by atoms with Crippen molar-refractivity contribution in [1.29, 1.82) is 0 Å². The van der Waals surface area contributed by atoms with Crippen LogP contribution in [0.3, 0.4) is 0 Å². The first kappa shape index (κ1) is 15.9. The number of rotatable bonds is 3. The van der Waals surface area contributed by atoms with Gasteiger partial charge < -0.3 is 15.0 Å². The van der Waals surface area contributed by atoms with Crippen LogP contribution < -0.4 is 10.1 Å². The number of ether oxygens (including phenoxy) is 1. The fraction of sp³-hybridized carbons (Fsp3) is 0.526. The van der Waals surface area contributed by atoms with E-state index in [1.165, 1.54) is 12.8 Å². The number of carbonyl (C=O) groups excluding carboxylic acids is 1. The third-order valence-electron chi connectivity index (χ3n) is 5.65. The van der Waals surface area contributed by atoms with Crippen molar-refractivity contribution in [1.82, 2.24) is 10.2 Å². The Morgan fingerprint density at radius 1 is 1.29 bits per heavy atom. The van der Waals surface area contributed by atoms with Gasteiger partial charge in [0.2, 0.25) is 0 Å². The quantitative estimate of drug-likeness (QED) is 0.925. The number of thiophene rings is 1. The first-order valence-electron chi connectivity index (χ1n) is 8.67. The predicted octanol–water partition coefficient (Wildman–Crippen LogP) is 3.57. The van der Waals surface area contributed by atoms with Crippen molar-refractivity contribution in [3.63, 3.8) is 0 Å². The van der Waals surface area contributed by atoms with Crippen molar-refractivity contribution in [3.8, 4) is 5.75 Å². The molecule has 2 aliphatic rings. The van der Waals surface area contributed by atoms with Crippen LogP contribution in [0, 0.1) is 6.92 Å². The third-order valence-corrected chi connectivity index (χ3v) is 6.91.